The van der Waals surface area contributed by atoms with Gasteiger partial charge in [0.15, 0.2) is 0 Å². The quantitative estimate of drug-likeness (QED) is 0.615. The Hall–Kier alpha value is -0.350. The molecule has 2 unspecified atom stereocenters. The highest BCUT2D eigenvalue weighted by molar-refractivity contribution is 6.35. The van der Waals surface area contributed by atoms with Crippen LogP contribution in [0.2, 0.25) is 10.0 Å². The molecule has 2 nitrogen and oxygen atoms in total. The summed E-state index contributed by atoms with van der Waals surface area (Å²) in [4.78, 5) is 0. The standard InChI is InChI=1S/C13H18Cl2FNO/c1-8(18)4-3-5-17-9(2)10-6-13(16)12(15)7-11(10)14/h6-9,17-18H,3-5H2,1-2H3. The fourth-order valence-electron chi connectivity index (χ4n) is 1.70. The lowest BCUT2D eigenvalue weighted by atomic mass is 10.1. The molecule has 0 amide bonds. The number of hydrogen-bond acceptors (Lipinski definition) is 2. The van der Waals surface area contributed by atoms with E-state index in [0.717, 1.165) is 19.4 Å². The number of hydrogen-bond donors (Lipinski definition) is 2. The van der Waals surface area contributed by atoms with Gasteiger partial charge in [0, 0.05) is 11.1 Å². The van der Waals surface area contributed by atoms with Gasteiger partial charge in [-0.3, -0.25) is 0 Å². The van der Waals surface area contributed by atoms with Gasteiger partial charge >= 0.3 is 0 Å². The van der Waals surface area contributed by atoms with Crippen molar-refractivity contribution in [3.8, 4) is 0 Å². The van der Waals surface area contributed by atoms with Gasteiger partial charge in [0.25, 0.3) is 0 Å². The fourth-order valence-corrected chi connectivity index (χ4v) is 2.24. The van der Waals surface area contributed by atoms with Crippen molar-refractivity contribution in [1.29, 1.82) is 0 Å². The average molecular weight is 294 g/mol. The molecule has 0 radical (unpaired) electrons. The molecular formula is C13H18Cl2FNO. The van der Waals surface area contributed by atoms with Gasteiger partial charge < -0.3 is 10.4 Å². The van der Waals surface area contributed by atoms with Crippen LogP contribution < -0.4 is 5.32 Å². The van der Waals surface area contributed by atoms with E-state index >= 15 is 0 Å². The topological polar surface area (TPSA) is 32.3 Å². The first-order valence-electron chi connectivity index (χ1n) is 5.97. The van der Waals surface area contributed by atoms with Crippen LogP contribution in [0.15, 0.2) is 12.1 Å². The number of halogens is 3. The minimum Gasteiger partial charge on any atom is -0.393 e. The second kappa shape index (κ2) is 7.29. The predicted octanol–water partition coefficient (Wildman–Crippen LogP) is 3.94. The number of aliphatic hydroxyl groups excluding tert-OH is 1. The van der Waals surface area contributed by atoms with E-state index in [9.17, 15) is 4.39 Å². The molecule has 0 fully saturated rings. The van der Waals surface area contributed by atoms with Crippen LogP contribution in [0.5, 0.6) is 0 Å². The SMILES string of the molecule is CC(O)CCCNC(C)c1cc(F)c(Cl)cc1Cl. The molecule has 2 N–H and O–H groups in total. The van der Waals surface area contributed by atoms with E-state index in [1.165, 1.54) is 12.1 Å². The van der Waals surface area contributed by atoms with Gasteiger partial charge in [0.2, 0.25) is 0 Å². The maximum Gasteiger partial charge on any atom is 0.142 e. The maximum absolute atomic E-state index is 13.4. The van der Waals surface area contributed by atoms with Crippen LogP contribution in [0, 0.1) is 5.82 Å². The Morgan fingerprint density at radius 3 is 2.56 bits per heavy atom. The van der Waals surface area contributed by atoms with Crippen LogP contribution in [0.25, 0.3) is 0 Å². The summed E-state index contributed by atoms with van der Waals surface area (Å²) in [6.07, 6.45) is 1.30. The third-order valence-corrected chi connectivity index (χ3v) is 3.37. The van der Waals surface area contributed by atoms with E-state index in [1.54, 1.807) is 6.92 Å². The van der Waals surface area contributed by atoms with Crippen LogP contribution >= 0.6 is 23.2 Å². The monoisotopic (exact) mass is 293 g/mol. The Morgan fingerprint density at radius 2 is 1.94 bits per heavy atom. The first kappa shape index (κ1) is 15.7. The Balaban J connectivity index is 2.56. The van der Waals surface area contributed by atoms with Crippen molar-refractivity contribution in [3.05, 3.63) is 33.6 Å². The van der Waals surface area contributed by atoms with Crippen LogP contribution in [0.3, 0.4) is 0 Å². The Labute approximate surface area is 117 Å². The van der Waals surface area contributed by atoms with Gasteiger partial charge in [-0.05, 0) is 50.9 Å². The summed E-state index contributed by atoms with van der Waals surface area (Å²) in [6, 6.07) is 2.72. The summed E-state index contributed by atoms with van der Waals surface area (Å²) < 4.78 is 13.4. The molecule has 0 spiro atoms. The highest BCUT2D eigenvalue weighted by Gasteiger charge is 2.12. The zero-order chi connectivity index (χ0) is 13.7. The smallest absolute Gasteiger partial charge is 0.142 e. The lowest BCUT2D eigenvalue weighted by Gasteiger charge is -2.16. The third kappa shape index (κ3) is 4.73. The van der Waals surface area contributed by atoms with Crippen molar-refractivity contribution in [2.24, 2.45) is 0 Å². The van der Waals surface area contributed by atoms with Crippen LogP contribution in [0.4, 0.5) is 4.39 Å². The molecule has 0 saturated heterocycles. The molecule has 0 aliphatic rings. The zero-order valence-electron chi connectivity index (χ0n) is 10.5. The molecule has 18 heavy (non-hydrogen) atoms. The first-order chi connectivity index (χ1) is 8.41. The normalized spacial score (nSPS) is 14.6. The minimum absolute atomic E-state index is 0.0325. The molecule has 0 aliphatic heterocycles. The van der Waals surface area contributed by atoms with Gasteiger partial charge in [0.1, 0.15) is 5.82 Å². The largest absolute Gasteiger partial charge is 0.393 e. The summed E-state index contributed by atoms with van der Waals surface area (Å²) in [5.41, 5.74) is 0.690. The molecule has 0 aliphatic carbocycles. The van der Waals surface area contributed by atoms with E-state index < -0.39 is 5.82 Å². The third-order valence-electron chi connectivity index (χ3n) is 2.76. The predicted molar refractivity (Wildman–Crippen MR) is 73.8 cm³/mol. The van der Waals surface area contributed by atoms with Crippen molar-refractivity contribution in [3.63, 3.8) is 0 Å². The van der Waals surface area contributed by atoms with E-state index in [1.807, 2.05) is 6.92 Å². The molecule has 102 valence electrons. The minimum atomic E-state index is -0.464. The molecule has 0 heterocycles. The number of nitrogens with one attached hydrogen (secondary N) is 1. The van der Waals surface area contributed by atoms with Gasteiger partial charge in [-0.1, -0.05) is 23.2 Å². The van der Waals surface area contributed by atoms with E-state index in [2.05, 4.69) is 5.32 Å². The van der Waals surface area contributed by atoms with Crippen molar-refractivity contribution in [2.75, 3.05) is 6.54 Å². The maximum atomic E-state index is 13.4. The molecular weight excluding hydrogens is 276 g/mol. The van der Waals surface area contributed by atoms with E-state index in [0.29, 0.717) is 10.6 Å². The van der Waals surface area contributed by atoms with Crippen molar-refractivity contribution in [1.82, 2.24) is 5.32 Å². The summed E-state index contributed by atoms with van der Waals surface area (Å²) in [5.74, 6) is -0.464. The Bertz CT molecular complexity index is 399. The second-order valence-electron chi connectivity index (χ2n) is 4.45. The molecule has 0 bridgehead atoms. The fraction of sp³-hybridized carbons (Fsp3) is 0.538. The van der Waals surface area contributed by atoms with Crippen LogP contribution in [-0.4, -0.2) is 17.8 Å². The lowest BCUT2D eigenvalue weighted by Crippen LogP contribution is -2.21. The van der Waals surface area contributed by atoms with Crippen LogP contribution in [0.1, 0.15) is 38.3 Å². The van der Waals surface area contributed by atoms with E-state index in [-0.39, 0.29) is 17.2 Å². The summed E-state index contributed by atoms with van der Waals surface area (Å²) in [6.45, 7) is 4.42. The summed E-state index contributed by atoms with van der Waals surface area (Å²) in [5, 5.41) is 12.9. The summed E-state index contributed by atoms with van der Waals surface area (Å²) >= 11 is 11.7. The Kier molecular flexibility index (Phi) is 6.36. The van der Waals surface area contributed by atoms with Crippen molar-refractivity contribution >= 4 is 23.2 Å². The first-order valence-corrected chi connectivity index (χ1v) is 6.73. The van der Waals surface area contributed by atoms with Crippen molar-refractivity contribution < 1.29 is 9.50 Å². The highest BCUT2D eigenvalue weighted by atomic mass is 35.5. The number of benzene rings is 1. The zero-order valence-corrected chi connectivity index (χ0v) is 12.0. The number of rotatable bonds is 6. The molecule has 0 saturated carbocycles. The van der Waals surface area contributed by atoms with Gasteiger partial charge in [-0.15, -0.1) is 0 Å². The van der Waals surface area contributed by atoms with Crippen molar-refractivity contribution in [2.45, 2.75) is 38.8 Å². The lowest BCUT2D eigenvalue weighted by molar-refractivity contribution is 0.181. The average Bonchev–Trinajstić information content (AvgIpc) is 2.28. The van der Waals surface area contributed by atoms with Gasteiger partial charge in [-0.2, -0.15) is 0 Å². The molecule has 0 aromatic heterocycles. The van der Waals surface area contributed by atoms with Gasteiger partial charge in [0.05, 0.1) is 11.1 Å². The summed E-state index contributed by atoms with van der Waals surface area (Å²) in [7, 11) is 0. The molecule has 2 atom stereocenters. The Morgan fingerprint density at radius 1 is 1.28 bits per heavy atom. The van der Waals surface area contributed by atoms with Gasteiger partial charge in [-0.25, -0.2) is 4.39 Å². The second-order valence-corrected chi connectivity index (χ2v) is 5.27. The number of aliphatic hydroxyl groups is 1. The highest BCUT2D eigenvalue weighted by Crippen LogP contribution is 2.28. The molecule has 1 aromatic carbocycles. The molecule has 1 rings (SSSR count). The molecule has 1 aromatic rings. The molecule has 5 heteroatoms. The van der Waals surface area contributed by atoms with Crippen LogP contribution in [-0.2, 0) is 0 Å². The van der Waals surface area contributed by atoms with E-state index in [4.69, 9.17) is 28.3 Å².